The lowest BCUT2D eigenvalue weighted by Crippen LogP contribution is -2.40. The van der Waals surface area contributed by atoms with Crippen LogP contribution in [0.5, 0.6) is 0 Å². The molecule has 0 radical (unpaired) electrons. The topological polar surface area (TPSA) is 68.0 Å². The van der Waals surface area contributed by atoms with E-state index < -0.39 is 0 Å². The first-order chi connectivity index (χ1) is 9.44. The number of nitrogens with one attached hydrogen (secondary N) is 1. The molecule has 1 aromatic carbocycles. The van der Waals surface area contributed by atoms with Crippen LogP contribution in [0.15, 0.2) is 34.7 Å². The number of hydrogen-bond acceptors (Lipinski definition) is 4. The van der Waals surface area contributed by atoms with Gasteiger partial charge in [0.05, 0.1) is 0 Å². The largest absolute Gasteiger partial charge is 0.417 e. The van der Waals surface area contributed by atoms with E-state index in [0.717, 1.165) is 6.42 Å². The average molecular weight is 273 g/mol. The molecule has 1 aromatic heterocycles. The van der Waals surface area contributed by atoms with Crippen LogP contribution in [-0.2, 0) is 12.8 Å². The van der Waals surface area contributed by atoms with Crippen LogP contribution >= 0.6 is 0 Å². The van der Waals surface area contributed by atoms with Gasteiger partial charge in [-0.25, -0.2) is 0 Å². The van der Waals surface area contributed by atoms with Gasteiger partial charge in [0.2, 0.25) is 5.89 Å². The van der Waals surface area contributed by atoms with Crippen molar-refractivity contribution >= 4 is 5.91 Å². The van der Waals surface area contributed by atoms with E-state index >= 15 is 0 Å². The van der Waals surface area contributed by atoms with Crippen molar-refractivity contribution in [2.24, 2.45) is 0 Å². The highest BCUT2D eigenvalue weighted by molar-refractivity contribution is 5.89. The molecule has 20 heavy (non-hydrogen) atoms. The van der Waals surface area contributed by atoms with E-state index in [-0.39, 0.29) is 17.3 Å². The first-order valence-corrected chi connectivity index (χ1v) is 6.63. The zero-order chi connectivity index (χ0) is 14.6. The predicted molar refractivity (Wildman–Crippen MR) is 75.4 cm³/mol. The number of carbonyl (C=O) groups is 1. The maximum atomic E-state index is 11.8. The molecule has 0 atom stereocenters. The van der Waals surface area contributed by atoms with E-state index in [2.05, 4.69) is 15.5 Å². The Morgan fingerprint density at radius 3 is 2.50 bits per heavy atom. The zero-order valence-electron chi connectivity index (χ0n) is 12.0. The van der Waals surface area contributed by atoms with Crippen LogP contribution in [0, 0.1) is 0 Å². The van der Waals surface area contributed by atoms with Crippen LogP contribution in [0.1, 0.15) is 42.9 Å². The summed E-state index contributed by atoms with van der Waals surface area (Å²) in [5.41, 5.74) is 0.877. The summed E-state index contributed by atoms with van der Waals surface area (Å²) in [4.78, 5) is 11.8. The summed E-state index contributed by atoms with van der Waals surface area (Å²) in [5, 5.41) is 10.5. The Kier molecular flexibility index (Phi) is 4.17. The van der Waals surface area contributed by atoms with Crippen LogP contribution in [0.3, 0.4) is 0 Å². The number of aromatic nitrogens is 2. The highest BCUT2D eigenvalue weighted by Gasteiger charge is 2.20. The summed E-state index contributed by atoms with van der Waals surface area (Å²) in [6, 6.07) is 10.1. The second kappa shape index (κ2) is 5.86. The van der Waals surface area contributed by atoms with Gasteiger partial charge in [0, 0.05) is 12.0 Å². The molecule has 2 aromatic rings. The number of hydrogen-bond donors (Lipinski definition) is 1. The molecule has 0 saturated carbocycles. The smallest absolute Gasteiger partial charge is 0.309 e. The normalized spacial score (nSPS) is 11.3. The van der Waals surface area contributed by atoms with Gasteiger partial charge < -0.3 is 9.73 Å². The summed E-state index contributed by atoms with van der Waals surface area (Å²) >= 11 is 0. The number of carbonyl (C=O) groups excluding carboxylic acids is 1. The molecule has 0 bridgehead atoms. The Hall–Kier alpha value is -2.17. The van der Waals surface area contributed by atoms with E-state index in [1.54, 1.807) is 0 Å². The van der Waals surface area contributed by atoms with Crippen molar-refractivity contribution in [3.8, 4) is 0 Å². The van der Waals surface area contributed by atoms with Crippen LogP contribution in [0.2, 0.25) is 0 Å². The fourth-order valence-corrected chi connectivity index (χ4v) is 1.74. The summed E-state index contributed by atoms with van der Waals surface area (Å²) < 4.78 is 5.38. The standard InChI is InChI=1S/C15H19N3O2/c1-15(2,3)16-13(19)14-18-17-12(20-14)10-9-11-7-5-4-6-8-11/h4-8H,9-10H2,1-3H3,(H,16,19). The van der Waals surface area contributed by atoms with E-state index in [1.165, 1.54) is 5.56 Å². The Morgan fingerprint density at radius 1 is 1.15 bits per heavy atom. The van der Waals surface area contributed by atoms with E-state index in [9.17, 15) is 4.79 Å². The van der Waals surface area contributed by atoms with Crippen molar-refractivity contribution in [1.82, 2.24) is 15.5 Å². The van der Waals surface area contributed by atoms with Crippen LogP contribution in [0.25, 0.3) is 0 Å². The van der Waals surface area contributed by atoms with Crippen molar-refractivity contribution in [2.75, 3.05) is 0 Å². The van der Waals surface area contributed by atoms with E-state index in [1.807, 2.05) is 51.1 Å². The van der Waals surface area contributed by atoms with Crippen molar-refractivity contribution < 1.29 is 9.21 Å². The second-order valence-electron chi connectivity index (χ2n) is 5.69. The van der Waals surface area contributed by atoms with Crippen molar-refractivity contribution in [2.45, 2.75) is 39.2 Å². The third kappa shape index (κ3) is 4.19. The third-order valence-electron chi connectivity index (χ3n) is 2.62. The molecule has 0 spiro atoms. The summed E-state index contributed by atoms with van der Waals surface area (Å²) in [6.07, 6.45) is 1.43. The SMILES string of the molecule is CC(C)(C)NC(=O)c1nnc(CCc2ccccc2)o1. The molecule has 1 amide bonds. The number of amides is 1. The lowest BCUT2D eigenvalue weighted by molar-refractivity contribution is 0.0882. The van der Waals surface area contributed by atoms with Crippen molar-refractivity contribution in [3.05, 3.63) is 47.7 Å². The van der Waals surface area contributed by atoms with Gasteiger partial charge in [0.1, 0.15) is 0 Å². The summed E-state index contributed by atoms with van der Waals surface area (Å²) in [5.74, 6) is 0.159. The van der Waals surface area contributed by atoms with Gasteiger partial charge in [-0.1, -0.05) is 30.3 Å². The maximum Gasteiger partial charge on any atom is 0.309 e. The van der Waals surface area contributed by atoms with Gasteiger partial charge in [-0.3, -0.25) is 4.79 Å². The van der Waals surface area contributed by atoms with Gasteiger partial charge in [-0.2, -0.15) is 0 Å². The molecule has 0 saturated heterocycles. The van der Waals surface area contributed by atoms with Gasteiger partial charge in [-0.05, 0) is 32.8 Å². The van der Waals surface area contributed by atoms with E-state index in [4.69, 9.17) is 4.42 Å². The lowest BCUT2D eigenvalue weighted by Gasteiger charge is -2.18. The molecule has 1 heterocycles. The van der Waals surface area contributed by atoms with Gasteiger partial charge in [0.15, 0.2) is 0 Å². The number of benzene rings is 1. The predicted octanol–water partition coefficient (Wildman–Crippen LogP) is 2.38. The number of nitrogens with zero attached hydrogens (tertiary/aromatic N) is 2. The Balaban J connectivity index is 1.94. The summed E-state index contributed by atoms with van der Waals surface area (Å²) in [7, 11) is 0. The van der Waals surface area contributed by atoms with Crippen LogP contribution in [0.4, 0.5) is 0 Å². The van der Waals surface area contributed by atoms with Gasteiger partial charge in [0.25, 0.3) is 0 Å². The minimum atomic E-state index is -0.337. The molecular weight excluding hydrogens is 254 g/mol. The Labute approximate surface area is 118 Å². The highest BCUT2D eigenvalue weighted by atomic mass is 16.4. The Morgan fingerprint density at radius 2 is 1.85 bits per heavy atom. The molecule has 0 aliphatic carbocycles. The monoisotopic (exact) mass is 273 g/mol. The quantitative estimate of drug-likeness (QED) is 0.928. The van der Waals surface area contributed by atoms with Crippen molar-refractivity contribution in [3.63, 3.8) is 0 Å². The molecule has 1 N–H and O–H groups in total. The maximum absolute atomic E-state index is 11.8. The highest BCUT2D eigenvalue weighted by Crippen LogP contribution is 2.08. The Bertz CT molecular complexity index is 570. The molecule has 0 unspecified atom stereocenters. The minimum Gasteiger partial charge on any atom is -0.417 e. The fraction of sp³-hybridized carbons (Fsp3) is 0.400. The van der Waals surface area contributed by atoms with Gasteiger partial charge in [-0.15, -0.1) is 10.2 Å². The molecule has 0 aliphatic heterocycles. The molecular formula is C15H19N3O2. The lowest BCUT2D eigenvalue weighted by atomic mass is 10.1. The molecule has 5 nitrogen and oxygen atoms in total. The van der Waals surface area contributed by atoms with Crippen LogP contribution in [-0.4, -0.2) is 21.6 Å². The number of aryl methyl sites for hydroxylation is 2. The summed E-state index contributed by atoms with van der Waals surface area (Å²) in [6.45, 7) is 5.70. The first kappa shape index (κ1) is 14.2. The van der Waals surface area contributed by atoms with Crippen molar-refractivity contribution in [1.29, 1.82) is 0 Å². The first-order valence-electron chi connectivity index (χ1n) is 6.63. The minimum absolute atomic E-state index is 0.0167. The fourth-order valence-electron chi connectivity index (χ4n) is 1.74. The molecule has 2 rings (SSSR count). The van der Waals surface area contributed by atoms with Gasteiger partial charge >= 0.3 is 11.8 Å². The van der Waals surface area contributed by atoms with Crippen LogP contribution < -0.4 is 5.32 Å². The third-order valence-corrected chi connectivity index (χ3v) is 2.62. The van der Waals surface area contributed by atoms with E-state index in [0.29, 0.717) is 12.3 Å². The molecule has 0 fully saturated rings. The molecule has 5 heteroatoms. The second-order valence-corrected chi connectivity index (χ2v) is 5.69. The number of rotatable bonds is 4. The zero-order valence-corrected chi connectivity index (χ0v) is 12.0. The average Bonchev–Trinajstić information content (AvgIpc) is 2.84. The molecule has 106 valence electrons. The molecule has 0 aliphatic rings.